The van der Waals surface area contributed by atoms with Gasteiger partial charge in [0.25, 0.3) is 0 Å². The van der Waals surface area contributed by atoms with E-state index in [1.165, 1.54) is 49.7 Å². The summed E-state index contributed by atoms with van der Waals surface area (Å²) in [7, 11) is 2.15. The van der Waals surface area contributed by atoms with E-state index in [4.69, 9.17) is 0 Å². The van der Waals surface area contributed by atoms with Gasteiger partial charge in [0.1, 0.15) is 0 Å². The summed E-state index contributed by atoms with van der Waals surface area (Å²) in [6.07, 6.45) is 12.8. The van der Waals surface area contributed by atoms with Crippen LogP contribution < -0.4 is 5.32 Å². The zero-order chi connectivity index (χ0) is 14.7. The van der Waals surface area contributed by atoms with Gasteiger partial charge < -0.3 is 5.32 Å². The highest BCUT2D eigenvalue weighted by Gasteiger charge is 2.58. The predicted molar refractivity (Wildman–Crippen MR) is 86.0 cm³/mol. The van der Waals surface area contributed by atoms with Crippen LogP contribution in [0.1, 0.15) is 62.6 Å². The molecule has 1 aromatic rings. The molecule has 1 heterocycles. The molecule has 5 rings (SSSR count). The van der Waals surface area contributed by atoms with Crippen LogP contribution in [0.3, 0.4) is 0 Å². The molecule has 0 amide bonds. The Kier molecular flexibility index (Phi) is 2.98. The lowest BCUT2D eigenvalue weighted by Gasteiger charge is -2.63. The molecule has 0 spiro atoms. The summed E-state index contributed by atoms with van der Waals surface area (Å²) in [4.78, 5) is 4.42. The Bertz CT molecular complexity index is 536. The van der Waals surface area contributed by atoms with Crippen molar-refractivity contribution in [2.24, 2.45) is 22.7 Å². The van der Waals surface area contributed by atoms with Gasteiger partial charge in [-0.2, -0.15) is 0 Å². The number of hydrogen-bond acceptors (Lipinski definition) is 2. The van der Waals surface area contributed by atoms with E-state index in [1.54, 1.807) is 0 Å². The first-order chi connectivity index (χ1) is 10.0. The summed E-state index contributed by atoms with van der Waals surface area (Å²) in [5, 5.41) is 3.69. The molecule has 4 aliphatic rings. The summed E-state index contributed by atoms with van der Waals surface area (Å²) in [5.41, 5.74) is 3.91. The molecular formula is C19H28N2. The SMILES string of the molecule is CNC(c1cnccc1C)C12CC3CC(CC(C)(C3)C1)C2. The fourth-order valence-corrected chi connectivity index (χ4v) is 6.71. The van der Waals surface area contributed by atoms with Gasteiger partial charge in [-0.15, -0.1) is 0 Å². The van der Waals surface area contributed by atoms with Gasteiger partial charge in [0, 0.05) is 18.4 Å². The number of nitrogens with one attached hydrogen (secondary N) is 1. The number of pyridine rings is 1. The molecule has 3 unspecified atom stereocenters. The van der Waals surface area contributed by atoms with Gasteiger partial charge >= 0.3 is 0 Å². The molecule has 3 atom stereocenters. The normalized spacial score (nSPS) is 42.2. The van der Waals surface area contributed by atoms with E-state index in [0.29, 0.717) is 16.9 Å². The average molecular weight is 284 g/mol. The Balaban J connectivity index is 1.75. The minimum atomic E-state index is 0.474. The van der Waals surface area contributed by atoms with E-state index in [-0.39, 0.29) is 0 Å². The summed E-state index contributed by atoms with van der Waals surface area (Å²) >= 11 is 0. The standard InChI is InChI=1S/C19H28N2/c1-13-4-5-21-11-16(13)17(20-3)19-9-14-6-15(10-19)8-18(2,7-14)12-19/h4-5,11,14-15,17,20H,6-10,12H2,1-3H3. The highest BCUT2D eigenvalue weighted by molar-refractivity contribution is 5.29. The van der Waals surface area contributed by atoms with E-state index in [2.05, 4.69) is 43.5 Å². The first-order valence-corrected chi connectivity index (χ1v) is 8.61. The fourth-order valence-electron chi connectivity index (χ4n) is 6.71. The van der Waals surface area contributed by atoms with E-state index >= 15 is 0 Å². The smallest absolute Gasteiger partial charge is 0.0393 e. The Labute approximate surface area is 128 Å². The van der Waals surface area contributed by atoms with Gasteiger partial charge in [-0.25, -0.2) is 0 Å². The largest absolute Gasteiger partial charge is 0.312 e. The average Bonchev–Trinajstić information content (AvgIpc) is 2.38. The van der Waals surface area contributed by atoms with Crippen molar-refractivity contribution in [1.29, 1.82) is 0 Å². The minimum Gasteiger partial charge on any atom is -0.312 e. The molecule has 0 aromatic carbocycles. The second kappa shape index (κ2) is 4.55. The third kappa shape index (κ3) is 2.06. The zero-order valence-corrected chi connectivity index (χ0v) is 13.7. The molecule has 1 N–H and O–H groups in total. The van der Waals surface area contributed by atoms with Crippen molar-refractivity contribution in [3.8, 4) is 0 Å². The number of nitrogens with zero attached hydrogens (tertiary/aromatic N) is 1. The van der Waals surface area contributed by atoms with Crippen LogP contribution in [-0.2, 0) is 0 Å². The lowest BCUT2D eigenvalue weighted by atomic mass is 9.42. The molecule has 21 heavy (non-hydrogen) atoms. The molecule has 0 saturated heterocycles. The maximum Gasteiger partial charge on any atom is 0.0393 e. The topological polar surface area (TPSA) is 24.9 Å². The molecule has 2 heteroatoms. The summed E-state index contributed by atoms with van der Waals surface area (Å²) in [5.74, 6) is 1.95. The Hall–Kier alpha value is -0.890. The van der Waals surface area contributed by atoms with Crippen LogP contribution in [0.2, 0.25) is 0 Å². The number of aryl methyl sites for hydroxylation is 1. The van der Waals surface area contributed by atoms with E-state index in [9.17, 15) is 0 Å². The first kappa shape index (κ1) is 13.8. The highest BCUT2D eigenvalue weighted by Crippen LogP contribution is 2.68. The Morgan fingerprint density at radius 2 is 1.95 bits per heavy atom. The lowest BCUT2D eigenvalue weighted by molar-refractivity contribution is -0.118. The fraction of sp³-hybridized carbons (Fsp3) is 0.737. The monoisotopic (exact) mass is 284 g/mol. The highest BCUT2D eigenvalue weighted by atomic mass is 14.9. The van der Waals surface area contributed by atoms with Crippen molar-refractivity contribution in [1.82, 2.24) is 10.3 Å². The molecule has 4 saturated carbocycles. The molecule has 4 bridgehead atoms. The molecule has 114 valence electrons. The molecular weight excluding hydrogens is 256 g/mol. The number of rotatable bonds is 3. The second-order valence-corrected chi connectivity index (χ2v) is 8.59. The van der Waals surface area contributed by atoms with Gasteiger partial charge in [0.15, 0.2) is 0 Å². The molecule has 1 aromatic heterocycles. The Morgan fingerprint density at radius 1 is 1.24 bits per heavy atom. The minimum absolute atomic E-state index is 0.474. The quantitative estimate of drug-likeness (QED) is 0.897. The maximum atomic E-state index is 4.42. The second-order valence-electron chi connectivity index (χ2n) is 8.59. The molecule has 4 fully saturated rings. The van der Waals surface area contributed by atoms with E-state index in [0.717, 1.165) is 11.8 Å². The van der Waals surface area contributed by atoms with Gasteiger partial charge in [0.2, 0.25) is 0 Å². The van der Waals surface area contributed by atoms with Gasteiger partial charge in [-0.3, -0.25) is 4.98 Å². The van der Waals surface area contributed by atoms with Crippen molar-refractivity contribution in [3.63, 3.8) is 0 Å². The third-order valence-corrected chi connectivity index (χ3v) is 6.69. The van der Waals surface area contributed by atoms with Crippen molar-refractivity contribution in [2.45, 2.75) is 58.4 Å². The summed E-state index contributed by atoms with van der Waals surface area (Å²) in [6.45, 7) is 4.80. The van der Waals surface area contributed by atoms with Crippen molar-refractivity contribution in [2.75, 3.05) is 7.05 Å². The van der Waals surface area contributed by atoms with Crippen LogP contribution in [0.15, 0.2) is 18.5 Å². The zero-order valence-electron chi connectivity index (χ0n) is 13.7. The molecule has 4 aliphatic carbocycles. The summed E-state index contributed by atoms with van der Waals surface area (Å²) in [6, 6.07) is 2.65. The van der Waals surface area contributed by atoms with Gasteiger partial charge in [0.05, 0.1) is 0 Å². The van der Waals surface area contributed by atoms with E-state index in [1.807, 2.05) is 6.20 Å². The van der Waals surface area contributed by atoms with Gasteiger partial charge in [-0.1, -0.05) is 6.92 Å². The van der Waals surface area contributed by atoms with Crippen LogP contribution in [0.5, 0.6) is 0 Å². The Morgan fingerprint density at radius 3 is 2.52 bits per heavy atom. The van der Waals surface area contributed by atoms with Crippen LogP contribution >= 0.6 is 0 Å². The van der Waals surface area contributed by atoms with Crippen molar-refractivity contribution < 1.29 is 0 Å². The predicted octanol–water partition coefficient (Wildman–Crippen LogP) is 4.26. The number of aromatic nitrogens is 1. The maximum absolute atomic E-state index is 4.42. The van der Waals surface area contributed by atoms with Crippen LogP contribution in [0.25, 0.3) is 0 Å². The number of hydrogen-bond donors (Lipinski definition) is 1. The van der Waals surface area contributed by atoms with Crippen molar-refractivity contribution >= 4 is 0 Å². The van der Waals surface area contributed by atoms with Crippen LogP contribution in [-0.4, -0.2) is 12.0 Å². The van der Waals surface area contributed by atoms with Crippen LogP contribution in [0.4, 0.5) is 0 Å². The van der Waals surface area contributed by atoms with Crippen molar-refractivity contribution in [3.05, 3.63) is 29.6 Å². The molecule has 0 aliphatic heterocycles. The molecule has 2 nitrogen and oxygen atoms in total. The van der Waals surface area contributed by atoms with E-state index < -0.39 is 0 Å². The van der Waals surface area contributed by atoms with Gasteiger partial charge in [-0.05, 0) is 92.4 Å². The first-order valence-electron chi connectivity index (χ1n) is 8.61. The molecule has 0 radical (unpaired) electrons. The third-order valence-electron chi connectivity index (χ3n) is 6.69. The summed E-state index contributed by atoms with van der Waals surface area (Å²) < 4.78 is 0. The lowest BCUT2D eigenvalue weighted by Crippen LogP contribution is -2.55. The van der Waals surface area contributed by atoms with Crippen LogP contribution in [0, 0.1) is 29.6 Å².